The van der Waals surface area contributed by atoms with Crippen LogP contribution in [-0.2, 0) is 6.42 Å². The van der Waals surface area contributed by atoms with Crippen LogP contribution in [-0.4, -0.2) is 25.0 Å². The second kappa shape index (κ2) is 5.64. The SMILES string of the molecule is COc1ccc(-c2c3c(nc4ccccc24)CCC3=O)cc1OC. The van der Waals surface area contributed by atoms with E-state index in [-0.39, 0.29) is 5.78 Å². The van der Waals surface area contributed by atoms with Crippen molar-refractivity contribution in [2.45, 2.75) is 12.8 Å². The highest BCUT2D eigenvalue weighted by Crippen LogP contribution is 2.40. The number of hydrogen-bond acceptors (Lipinski definition) is 4. The molecule has 1 heterocycles. The molecule has 120 valence electrons. The van der Waals surface area contributed by atoms with E-state index in [0.717, 1.165) is 33.3 Å². The van der Waals surface area contributed by atoms with E-state index in [1.165, 1.54) is 0 Å². The highest BCUT2D eigenvalue weighted by molar-refractivity contribution is 6.12. The lowest BCUT2D eigenvalue weighted by Crippen LogP contribution is -2.00. The van der Waals surface area contributed by atoms with Crippen LogP contribution in [0.25, 0.3) is 22.0 Å². The minimum atomic E-state index is 0.160. The molecule has 4 heteroatoms. The number of ether oxygens (including phenoxy) is 2. The molecule has 0 amide bonds. The van der Waals surface area contributed by atoms with Gasteiger partial charge in [0.05, 0.1) is 25.4 Å². The molecular weight excluding hydrogens is 302 g/mol. The fraction of sp³-hybridized carbons (Fsp3) is 0.200. The molecule has 0 aliphatic heterocycles. The van der Waals surface area contributed by atoms with Gasteiger partial charge in [-0.3, -0.25) is 9.78 Å². The Balaban J connectivity index is 2.06. The van der Waals surface area contributed by atoms with Gasteiger partial charge in [0.15, 0.2) is 17.3 Å². The molecule has 3 aromatic rings. The molecule has 4 nitrogen and oxygen atoms in total. The average Bonchev–Trinajstić information content (AvgIpc) is 2.99. The van der Waals surface area contributed by atoms with E-state index in [2.05, 4.69) is 0 Å². The number of methoxy groups -OCH3 is 2. The van der Waals surface area contributed by atoms with Crippen molar-refractivity contribution >= 4 is 16.7 Å². The predicted molar refractivity (Wildman–Crippen MR) is 92.9 cm³/mol. The van der Waals surface area contributed by atoms with E-state index < -0.39 is 0 Å². The van der Waals surface area contributed by atoms with Crippen molar-refractivity contribution in [1.29, 1.82) is 0 Å². The van der Waals surface area contributed by atoms with Crippen molar-refractivity contribution in [3.63, 3.8) is 0 Å². The number of rotatable bonds is 3. The molecule has 0 saturated carbocycles. The fourth-order valence-corrected chi connectivity index (χ4v) is 3.39. The molecule has 0 saturated heterocycles. The molecule has 1 aliphatic rings. The molecule has 1 aromatic heterocycles. The van der Waals surface area contributed by atoms with Gasteiger partial charge < -0.3 is 9.47 Å². The van der Waals surface area contributed by atoms with Gasteiger partial charge in [-0.15, -0.1) is 0 Å². The summed E-state index contributed by atoms with van der Waals surface area (Å²) in [4.78, 5) is 17.2. The summed E-state index contributed by atoms with van der Waals surface area (Å²) in [5.74, 6) is 1.48. The van der Waals surface area contributed by atoms with Gasteiger partial charge in [-0.2, -0.15) is 0 Å². The molecule has 0 spiro atoms. The predicted octanol–water partition coefficient (Wildman–Crippen LogP) is 4.05. The lowest BCUT2D eigenvalue weighted by molar-refractivity contribution is 0.0995. The van der Waals surface area contributed by atoms with Crippen LogP contribution in [0.1, 0.15) is 22.5 Å². The molecule has 4 rings (SSSR count). The average molecular weight is 319 g/mol. The quantitative estimate of drug-likeness (QED) is 0.731. The van der Waals surface area contributed by atoms with E-state index >= 15 is 0 Å². The van der Waals surface area contributed by atoms with Crippen molar-refractivity contribution in [2.24, 2.45) is 0 Å². The Morgan fingerprint density at radius 2 is 1.71 bits per heavy atom. The number of para-hydroxylation sites is 1. The van der Waals surface area contributed by atoms with Crippen molar-refractivity contribution in [3.05, 3.63) is 53.7 Å². The zero-order valence-electron chi connectivity index (χ0n) is 13.6. The van der Waals surface area contributed by atoms with E-state index in [1.54, 1.807) is 14.2 Å². The monoisotopic (exact) mass is 319 g/mol. The number of benzene rings is 2. The Kier molecular flexibility index (Phi) is 3.45. The van der Waals surface area contributed by atoms with Crippen LogP contribution in [0.5, 0.6) is 11.5 Å². The summed E-state index contributed by atoms with van der Waals surface area (Å²) < 4.78 is 10.8. The number of nitrogens with zero attached hydrogens (tertiary/aromatic N) is 1. The van der Waals surface area contributed by atoms with Crippen molar-refractivity contribution < 1.29 is 14.3 Å². The number of fused-ring (bicyclic) bond motifs is 2. The van der Waals surface area contributed by atoms with Gasteiger partial charge in [0.2, 0.25) is 0 Å². The summed E-state index contributed by atoms with van der Waals surface area (Å²) in [6.07, 6.45) is 1.23. The van der Waals surface area contributed by atoms with E-state index in [9.17, 15) is 4.79 Å². The minimum Gasteiger partial charge on any atom is -0.493 e. The maximum absolute atomic E-state index is 12.5. The topological polar surface area (TPSA) is 48.4 Å². The van der Waals surface area contributed by atoms with E-state index in [1.807, 2.05) is 42.5 Å². The molecule has 0 unspecified atom stereocenters. The zero-order chi connectivity index (χ0) is 16.7. The Bertz CT molecular complexity index is 963. The van der Waals surface area contributed by atoms with Crippen LogP contribution < -0.4 is 9.47 Å². The molecular formula is C20H17NO3. The second-order valence-corrected chi connectivity index (χ2v) is 5.82. The van der Waals surface area contributed by atoms with Crippen molar-refractivity contribution in [1.82, 2.24) is 4.98 Å². The van der Waals surface area contributed by atoms with Crippen molar-refractivity contribution in [2.75, 3.05) is 14.2 Å². The van der Waals surface area contributed by atoms with Crippen LogP contribution in [0.4, 0.5) is 0 Å². The molecule has 24 heavy (non-hydrogen) atoms. The van der Waals surface area contributed by atoms with Crippen LogP contribution in [0.3, 0.4) is 0 Å². The second-order valence-electron chi connectivity index (χ2n) is 5.82. The smallest absolute Gasteiger partial charge is 0.165 e. The molecule has 2 aromatic carbocycles. The Morgan fingerprint density at radius 3 is 2.50 bits per heavy atom. The number of Topliss-reactive ketones (excluding diaryl/α,β-unsaturated/α-hetero) is 1. The van der Waals surface area contributed by atoms with Crippen LogP contribution in [0.15, 0.2) is 42.5 Å². The molecule has 0 radical (unpaired) electrons. The zero-order valence-corrected chi connectivity index (χ0v) is 13.6. The Hall–Kier alpha value is -2.88. The number of aromatic nitrogens is 1. The molecule has 0 fully saturated rings. The van der Waals surface area contributed by atoms with Crippen LogP contribution in [0.2, 0.25) is 0 Å². The van der Waals surface area contributed by atoms with Gasteiger partial charge in [-0.05, 0) is 30.2 Å². The first kappa shape index (κ1) is 14.7. The molecule has 0 N–H and O–H groups in total. The van der Waals surface area contributed by atoms with E-state index in [0.29, 0.717) is 24.3 Å². The highest BCUT2D eigenvalue weighted by atomic mass is 16.5. The summed E-state index contributed by atoms with van der Waals surface area (Å²) in [6.45, 7) is 0. The summed E-state index contributed by atoms with van der Waals surface area (Å²) in [5.41, 5.74) is 4.44. The Morgan fingerprint density at radius 1 is 0.917 bits per heavy atom. The number of pyridine rings is 1. The Labute approximate surface area is 140 Å². The molecule has 0 atom stereocenters. The lowest BCUT2D eigenvalue weighted by atomic mass is 9.94. The standard InChI is InChI=1S/C20H17NO3/c1-23-17-10-7-12(11-18(17)24-2)19-13-5-3-4-6-14(13)21-15-8-9-16(22)20(15)19/h3-7,10-11H,8-9H2,1-2H3. The normalized spacial score (nSPS) is 13.2. The van der Waals surface area contributed by atoms with Crippen molar-refractivity contribution in [3.8, 4) is 22.6 Å². The number of ketones is 1. The third-order valence-corrected chi connectivity index (χ3v) is 4.51. The molecule has 0 bridgehead atoms. The maximum atomic E-state index is 12.5. The lowest BCUT2D eigenvalue weighted by Gasteiger charge is -2.14. The summed E-state index contributed by atoms with van der Waals surface area (Å²) in [6, 6.07) is 13.7. The van der Waals surface area contributed by atoms with Gasteiger partial charge in [0.1, 0.15) is 0 Å². The number of carbonyl (C=O) groups excluding carboxylic acids is 1. The van der Waals surface area contributed by atoms with Gasteiger partial charge in [-0.1, -0.05) is 24.3 Å². The first-order chi connectivity index (χ1) is 11.7. The third kappa shape index (κ3) is 2.14. The first-order valence-electron chi connectivity index (χ1n) is 7.90. The van der Waals surface area contributed by atoms with Gasteiger partial charge in [0.25, 0.3) is 0 Å². The fourth-order valence-electron chi connectivity index (χ4n) is 3.39. The number of aryl methyl sites for hydroxylation is 1. The van der Waals surface area contributed by atoms with Crippen LogP contribution >= 0.6 is 0 Å². The summed E-state index contributed by atoms with van der Waals surface area (Å²) in [5, 5.41) is 0.985. The highest BCUT2D eigenvalue weighted by Gasteiger charge is 2.27. The third-order valence-electron chi connectivity index (χ3n) is 4.51. The van der Waals surface area contributed by atoms with Gasteiger partial charge in [0, 0.05) is 22.9 Å². The summed E-state index contributed by atoms with van der Waals surface area (Å²) in [7, 11) is 3.22. The van der Waals surface area contributed by atoms with Gasteiger partial charge in [-0.25, -0.2) is 0 Å². The van der Waals surface area contributed by atoms with E-state index in [4.69, 9.17) is 14.5 Å². The largest absolute Gasteiger partial charge is 0.493 e. The van der Waals surface area contributed by atoms with Crippen LogP contribution in [0, 0.1) is 0 Å². The summed E-state index contributed by atoms with van der Waals surface area (Å²) >= 11 is 0. The maximum Gasteiger partial charge on any atom is 0.165 e. The first-order valence-corrected chi connectivity index (χ1v) is 7.90. The molecule has 1 aliphatic carbocycles. The number of hydrogen-bond donors (Lipinski definition) is 0. The minimum absolute atomic E-state index is 0.160. The number of carbonyl (C=O) groups is 1. The van der Waals surface area contributed by atoms with Gasteiger partial charge >= 0.3 is 0 Å².